The van der Waals surface area contributed by atoms with Gasteiger partial charge in [0.25, 0.3) is 5.91 Å². The van der Waals surface area contributed by atoms with Crippen molar-refractivity contribution in [3.05, 3.63) is 65.2 Å². The van der Waals surface area contributed by atoms with E-state index in [9.17, 15) is 18.0 Å². The lowest BCUT2D eigenvalue weighted by Crippen LogP contribution is -2.42. The van der Waals surface area contributed by atoms with Crippen LogP contribution in [0.5, 0.6) is 0 Å². The Morgan fingerprint density at radius 2 is 1.61 bits per heavy atom. The molecule has 1 aliphatic rings. The first-order valence-electron chi connectivity index (χ1n) is 11.5. The highest BCUT2D eigenvalue weighted by atomic mass is 32.2. The summed E-state index contributed by atoms with van der Waals surface area (Å²) in [6.07, 6.45) is 0.899. The molecule has 0 saturated carbocycles. The van der Waals surface area contributed by atoms with Gasteiger partial charge in [-0.15, -0.1) is 0 Å². The second-order valence-electron chi connectivity index (χ2n) is 8.37. The van der Waals surface area contributed by atoms with Crippen molar-refractivity contribution in [3.8, 4) is 0 Å². The van der Waals surface area contributed by atoms with E-state index in [2.05, 4.69) is 5.32 Å². The van der Waals surface area contributed by atoms with Gasteiger partial charge < -0.3 is 10.2 Å². The second kappa shape index (κ2) is 10.9. The van der Waals surface area contributed by atoms with Crippen LogP contribution in [0.25, 0.3) is 0 Å². The molecule has 1 N–H and O–H groups in total. The number of carbonyl (C=O) groups is 2. The molecule has 178 valence electrons. The van der Waals surface area contributed by atoms with Gasteiger partial charge in [-0.25, -0.2) is 12.7 Å². The number of amides is 2. The lowest BCUT2D eigenvalue weighted by atomic mass is 9.97. The van der Waals surface area contributed by atoms with Crippen LogP contribution in [0.3, 0.4) is 0 Å². The van der Waals surface area contributed by atoms with E-state index < -0.39 is 10.0 Å². The van der Waals surface area contributed by atoms with Crippen molar-refractivity contribution in [3.63, 3.8) is 0 Å². The van der Waals surface area contributed by atoms with Gasteiger partial charge in [0.2, 0.25) is 15.9 Å². The van der Waals surface area contributed by atoms with Gasteiger partial charge in [0.1, 0.15) is 0 Å². The van der Waals surface area contributed by atoms with Crippen molar-refractivity contribution in [2.24, 2.45) is 5.92 Å². The van der Waals surface area contributed by atoms with Crippen molar-refractivity contribution < 1.29 is 18.0 Å². The van der Waals surface area contributed by atoms with Crippen LogP contribution in [0.1, 0.15) is 48.2 Å². The maximum Gasteiger partial charge on any atom is 0.255 e. The van der Waals surface area contributed by atoms with E-state index in [0.29, 0.717) is 50.3 Å². The Hall–Kier alpha value is -2.71. The summed E-state index contributed by atoms with van der Waals surface area (Å²) in [7, 11) is -3.45. The third-order valence-corrected chi connectivity index (χ3v) is 8.11. The molecule has 3 rings (SSSR count). The molecule has 0 unspecified atom stereocenters. The quantitative estimate of drug-likeness (QED) is 0.637. The number of anilines is 1. The molecule has 0 bridgehead atoms. The van der Waals surface area contributed by atoms with Crippen LogP contribution in [0, 0.1) is 12.8 Å². The summed E-state index contributed by atoms with van der Waals surface area (Å²) in [4.78, 5) is 27.5. The highest BCUT2D eigenvalue weighted by Crippen LogP contribution is 2.25. The Labute approximate surface area is 196 Å². The zero-order valence-corrected chi connectivity index (χ0v) is 20.4. The van der Waals surface area contributed by atoms with Crippen LogP contribution in [0.15, 0.2) is 48.5 Å². The number of benzene rings is 2. The van der Waals surface area contributed by atoms with Crippen molar-refractivity contribution in [2.75, 3.05) is 31.5 Å². The standard InChI is InChI=1S/C25H33N3O4S/c1-4-27(5-2)25(30)22-12-8-9-13-23(22)26-24(29)20-14-16-28(17-15-20)33(31,32)18-21-11-7-6-10-19(21)3/h6-13,20H,4-5,14-18H2,1-3H3,(H,26,29). The van der Waals surface area contributed by atoms with Gasteiger partial charge in [0.05, 0.1) is 17.0 Å². The van der Waals surface area contributed by atoms with Gasteiger partial charge in [-0.1, -0.05) is 36.4 Å². The van der Waals surface area contributed by atoms with Crippen LogP contribution >= 0.6 is 0 Å². The van der Waals surface area contributed by atoms with E-state index in [-0.39, 0.29) is 23.5 Å². The van der Waals surface area contributed by atoms with Crippen LogP contribution < -0.4 is 5.32 Å². The maximum atomic E-state index is 12.9. The summed E-state index contributed by atoms with van der Waals surface area (Å²) in [5.41, 5.74) is 2.71. The van der Waals surface area contributed by atoms with E-state index in [1.165, 1.54) is 4.31 Å². The first-order valence-corrected chi connectivity index (χ1v) is 13.1. The summed E-state index contributed by atoms with van der Waals surface area (Å²) in [6, 6.07) is 14.5. The average Bonchev–Trinajstić information content (AvgIpc) is 2.81. The summed E-state index contributed by atoms with van der Waals surface area (Å²) in [6.45, 7) is 7.55. The minimum atomic E-state index is -3.45. The minimum absolute atomic E-state index is 0.0304. The van der Waals surface area contributed by atoms with Gasteiger partial charge in [0, 0.05) is 32.1 Å². The van der Waals surface area contributed by atoms with Gasteiger partial charge in [-0.3, -0.25) is 9.59 Å². The number of nitrogens with one attached hydrogen (secondary N) is 1. The number of nitrogens with zero attached hydrogens (tertiary/aromatic N) is 2. The molecular formula is C25H33N3O4S. The molecule has 0 radical (unpaired) electrons. The Bertz CT molecular complexity index is 1090. The average molecular weight is 472 g/mol. The molecule has 0 aromatic heterocycles. The molecular weight excluding hydrogens is 438 g/mol. The minimum Gasteiger partial charge on any atom is -0.339 e. The topological polar surface area (TPSA) is 86.8 Å². The number of sulfonamides is 1. The van der Waals surface area contributed by atoms with Crippen molar-refractivity contribution in [1.82, 2.24) is 9.21 Å². The number of rotatable bonds is 8. The highest BCUT2D eigenvalue weighted by Gasteiger charge is 2.32. The van der Waals surface area contributed by atoms with Crippen molar-refractivity contribution in [2.45, 2.75) is 39.4 Å². The Morgan fingerprint density at radius 3 is 2.24 bits per heavy atom. The second-order valence-corrected chi connectivity index (χ2v) is 10.3. The van der Waals surface area contributed by atoms with Crippen molar-refractivity contribution in [1.29, 1.82) is 0 Å². The molecule has 0 atom stereocenters. The predicted molar refractivity (Wildman–Crippen MR) is 130 cm³/mol. The number of hydrogen-bond donors (Lipinski definition) is 1. The molecule has 8 heteroatoms. The zero-order valence-electron chi connectivity index (χ0n) is 19.6. The third kappa shape index (κ3) is 6.00. The predicted octanol–water partition coefficient (Wildman–Crippen LogP) is 3.66. The first-order chi connectivity index (χ1) is 15.8. The van der Waals surface area contributed by atoms with Crippen LogP contribution in [0.4, 0.5) is 5.69 Å². The fourth-order valence-electron chi connectivity index (χ4n) is 4.15. The van der Waals surface area contributed by atoms with Crippen molar-refractivity contribution >= 4 is 27.5 Å². The summed E-state index contributed by atoms with van der Waals surface area (Å²) in [5, 5.41) is 2.91. The summed E-state index contributed by atoms with van der Waals surface area (Å²) < 4.78 is 27.3. The Kier molecular flexibility index (Phi) is 8.26. The highest BCUT2D eigenvalue weighted by molar-refractivity contribution is 7.88. The molecule has 2 aromatic rings. The van der Waals surface area contributed by atoms with Crippen LogP contribution in [-0.4, -0.2) is 55.6 Å². The fraction of sp³-hybridized carbons (Fsp3) is 0.440. The molecule has 2 amide bonds. The Balaban J connectivity index is 1.62. The summed E-state index contributed by atoms with van der Waals surface area (Å²) in [5.74, 6) is -0.623. The largest absolute Gasteiger partial charge is 0.339 e. The third-order valence-electron chi connectivity index (χ3n) is 6.28. The summed E-state index contributed by atoms with van der Waals surface area (Å²) >= 11 is 0. The molecule has 1 saturated heterocycles. The zero-order chi connectivity index (χ0) is 24.0. The number of piperidine rings is 1. The first kappa shape index (κ1) is 24.9. The van der Waals surface area contributed by atoms with Gasteiger partial charge in [-0.2, -0.15) is 0 Å². The lowest BCUT2D eigenvalue weighted by Gasteiger charge is -2.31. The number of aryl methyl sites for hydroxylation is 1. The van der Waals surface area contributed by atoms with E-state index in [1.54, 1.807) is 29.2 Å². The molecule has 33 heavy (non-hydrogen) atoms. The maximum absolute atomic E-state index is 12.9. The van der Waals surface area contributed by atoms with E-state index in [1.807, 2.05) is 45.0 Å². The molecule has 1 fully saturated rings. The van der Waals surface area contributed by atoms with E-state index >= 15 is 0 Å². The monoisotopic (exact) mass is 471 g/mol. The molecule has 7 nitrogen and oxygen atoms in total. The van der Waals surface area contributed by atoms with E-state index in [0.717, 1.165) is 11.1 Å². The van der Waals surface area contributed by atoms with Gasteiger partial charge in [0.15, 0.2) is 0 Å². The van der Waals surface area contributed by atoms with Gasteiger partial charge >= 0.3 is 0 Å². The lowest BCUT2D eigenvalue weighted by molar-refractivity contribution is -0.120. The SMILES string of the molecule is CCN(CC)C(=O)c1ccccc1NC(=O)C1CCN(S(=O)(=O)Cc2ccccc2C)CC1. The van der Waals surface area contributed by atoms with Crippen LogP contribution in [0.2, 0.25) is 0 Å². The molecule has 2 aromatic carbocycles. The number of carbonyl (C=O) groups excluding carboxylic acids is 2. The fourth-order valence-corrected chi connectivity index (χ4v) is 5.82. The van der Waals surface area contributed by atoms with Crippen LogP contribution in [-0.2, 0) is 20.6 Å². The molecule has 0 spiro atoms. The molecule has 0 aliphatic carbocycles. The number of hydrogen-bond acceptors (Lipinski definition) is 4. The smallest absolute Gasteiger partial charge is 0.255 e. The molecule has 1 heterocycles. The van der Waals surface area contributed by atoms with E-state index in [4.69, 9.17) is 0 Å². The Morgan fingerprint density at radius 1 is 1.00 bits per heavy atom. The number of para-hydroxylation sites is 1. The molecule has 1 aliphatic heterocycles. The van der Waals surface area contributed by atoms with Gasteiger partial charge in [-0.05, 0) is 56.9 Å². The normalized spacial score (nSPS) is 15.2.